The number of aliphatic carboxylic acids is 1. The van der Waals surface area contributed by atoms with Gasteiger partial charge in [0.2, 0.25) is 5.91 Å². The van der Waals surface area contributed by atoms with Crippen LogP contribution in [0.15, 0.2) is 30.3 Å². The predicted octanol–water partition coefficient (Wildman–Crippen LogP) is 2.91. The minimum atomic E-state index is -1.03. The molecule has 1 aliphatic carbocycles. The second-order valence-electron chi connectivity index (χ2n) is 5.84. The van der Waals surface area contributed by atoms with Crippen LogP contribution in [0.5, 0.6) is 0 Å². The van der Waals surface area contributed by atoms with Gasteiger partial charge in [-0.25, -0.2) is 4.79 Å². The molecule has 0 aromatic heterocycles. The molecule has 2 rings (SSSR count). The van der Waals surface area contributed by atoms with Gasteiger partial charge in [-0.2, -0.15) is 0 Å². The lowest BCUT2D eigenvalue weighted by Crippen LogP contribution is -2.55. The Bertz CT molecular complexity index is 478. The van der Waals surface area contributed by atoms with Crippen LogP contribution in [0.2, 0.25) is 0 Å². The maximum atomic E-state index is 12.0. The molecule has 0 atom stereocenters. The summed E-state index contributed by atoms with van der Waals surface area (Å²) in [7, 11) is 0. The number of nitrogens with one attached hydrogen (secondary N) is 1. The van der Waals surface area contributed by atoms with Crippen LogP contribution in [-0.4, -0.2) is 22.5 Å². The van der Waals surface area contributed by atoms with E-state index in [0.29, 0.717) is 19.3 Å². The van der Waals surface area contributed by atoms with E-state index in [1.807, 2.05) is 30.3 Å². The number of carbonyl (C=O) groups is 2. The van der Waals surface area contributed by atoms with Crippen molar-refractivity contribution in [3.8, 4) is 0 Å². The molecule has 1 saturated carbocycles. The third-order valence-corrected chi connectivity index (χ3v) is 4.21. The zero-order chi connectivity index (χ0) is 15.1. The van der Waals surface area contributed by atoms with E-state index in [0.717, 1.165) is 32.1 Å². The van der Waals surface area contributed by atoms with E-state index in [-0.39, 0.29) is 5.91 Å². The SMILES string of the molecule is O=C(CCCc1ccccc1)NC1(C(=O)O)CCCCC1. The Morgan fingerprint density at radius 2 is 1.76 bits per heavy atom. The number of benzene rings is 1. The molecule has 0 aliphatic heterocycles. The van der Waals surface area contributed by atoms with Crippen LogP contribution in [0.4, 0.5) is 0 Å². The first-order valence-electron chi connectivity index (χ1n) is 7.71. The van der Waals surface area contributed by atoms with Crippen molar-refractivity contribution in [2.75, 3.05) is 0 Å². The lowest BCUT2D eigenvalue weighted by atomic mass is 9.81. The molecule has 21 heavy (non-hydrogen) atoms. The van der Waals surface area contributed by atoms with Gasteiger partial charge in [-0.3, -0.25) is 4.79 Å². The van der Waals surface area contributed by atoms with Crippen molar-refractivity contribution < 1.29 is 14.7 Å². The average Bonchev–Trinajstić information content (AvgIpc) is 2.49. The van der Waals surface area contributed by atoms with Crippen LogP contribution in [0.25, 0.3) is 0 Å². The lowest BCUT2D eigenvalue weighted by Gasteiger charge is -2.34. The Balaban J connectivity index is 1.81. The molecule has 1 amide bonds. The van der Waals surface area contributed by atoms with Gasteiger partial charge in [0, 0.05) is 6.42 Å². The van der Waals surface area contributed by atoms with Crippen LogP contribution in [0.3, 0.4) is 0 Å². The molecular weight excluding hydrogens is 266 g/mol. The highest BCUT2D eigenvalue weighted by Gasteiger charge is 2.40. The quantitative estimate of drug-likeness (QED) is 0.846. The summed E-state index contributed by atoms with van der Waals surface area (Å²) in [5.41, 5.74) is 0.179. The van der Waals surface area contributed by atoms with Gasteiger partial charge >= 0.3 is 5.97 Å². The molecular formula is C17H23NO3. The van der Waals surface area contributed by atoms with Crippen molar-refractivity contribution in [2.45, 2.75) is 56.9 Å². The molecule has 0 bridgehead atoms. The smallest absolute Gasteiger partial charge is 0.329 e. The van der Waals surface area contributed by atoms with Crippen molar-refractivity contribution in [1.29, 1.82) is 0 Å². The molecule has 114 valence electrons. The van der Waals surface area contributed by atoms with Gasteiger partial charge in [-0.15, -0.1) is 0 Å². The number of rotatable bonds is 6. The Morgan fingerprint density at radius 3 is 2.38 bits per heavy atom. The van der Waals surface area contributed by atoms with E-state index >= 15 is 0 Å². The van der Waals surface area contributed by atoms with Gasteiger partial charge in [0.15, 0.2) is 0 Å². The second kappa shape index (κ2) is 7.25. The molecule has 4 nitrogen and oxygen atoms in total. The summed E-state index contributed by atoms with van der Waals surface area (Å²) in [5, 5.41) is 12.2. The largest absolute Gasteiger partial charge is 0.480 e. The number of amides is 1. The number of carboxylic acids is 1. The summed E-state index contributed by atoms with van der Waals surface area (Å²) in [4.78, 5) is 23.5. The highest BCUT2D eigenvalue weighted by molar-refractivity contribution is 5.87. The van der Waals surface area contributed by atoms with E-state index in [9.17, 15) is 14.7 Å². The van der Waals surface area contributed by atoms with Gasteiger partial charge in [0.25, 0.3) is 0 Å². The zero-order valence-electron chi connectivity index (χ0n) is 12.3. The van der Waals surface area contributed by atoms with Crippen LogP contribution >= 0.6 is 0 Å². The molecule has 0 unspecified atom stereocenters. The molecule has 1 aromatic rings. The van der Waals surface area contributed by atoms with E-state index in [4.69, 9.17) is 0 Å². The summed E-state index contributed by atoms with van der Waals surface area (Å²) in [5.74, 6) is -1.03. The molecule has 0 radical (unpaired) electrons. The fourth-order valence-corrected chi connectivity index (χ4v) is 2.97. The maximum Gasteiger partial charge on any atom is 0.329 e. The molecule has 0 saturated heterocycles. The summed E-state index contributed by atoms with van der Waals surface area (Å²) in [6.45, 7) is 0. The topological polar surface area (TPSA) is 66.4 Å². The van der Waals surface area contributed by atoms with Gasteiger partial charge in [-0.1, -0.05) is 49.6 Å². The third kappa shape index (κ3) is 4.31. The van der Waals surface area contributed by atoms with Gasteiger partial charge in [0.05, 0.1) is 0 Å². The highest BCUT2D eigenvalue weighted by atomic mass is 16.4. The molecule has 0 heterocycles. The van der Waals surface area contributed by atoms with E-state index < -0.39 is 11.5 Å². The lowest BCUT2D eigenvalue weighted by molar-refractivity contribution is -0.149. The fraction of sp³-hybridized carbons (Fsp3) is 0.529. The van der Waals surface area contributed by atoms with E-state index in [1.54, 1.807) is 0 Å². The van der Waals surface area contributed by atoms with Gasteiger partial charge in [0.1, 0.15) is 5.54 Å². The first-order chi connectivity index (χ1) is 10.1. The van der Waals surface area contributed by atoms with Crippen LogP contribution in [0.1, 0.15) is 50.5 Å². The molecule has 4 heteroatoms. The van der Waals surface area contributed by atoms with Gasteiger partial charge < -0.3 is 10.4 Å². The summed E-state index contributed by atoms with van der Waals surface area (Å²) in [6.07, 6.45) is 5.86. The average molecular weight is 289 g/mol. The van der Waals surface area contributed by atoms with E-state index in [1.165, 1.54) is 5.56 Å². The zero-order valence-corrected chi connectivity index (χ0v) is 12.3. The van der Waals surface area contributed by atoms with Crippen LogP contribution < -0.4 is 5.32 Å². The van der Waals surface area contributed by atoms with Crippen molar-refractivity contribution >= 4 is 11.9 Å². The van der Waals surface area contributed by atoms with Crippen molar-refractivity contribution in [2.24, 2.45) is 0 Å². The Morgan fingerprint density at radius 1 is 1.10 bits per heavy atom. The molecule has 0 spiro atoms. The molecule has 1 aliphatic rings. The standard InChI is InChI=1S/C17H23NO3/c19-15(11-7-10-14-8-3-1-4-9-14)18-17(16(20)21)12-5-2-6-13-17/h1,3-4,8-9H,2,5-7,10-13H2,(H,18,19)(H,20,21). The monoisotopic (exact) mass is 289 g/mol. The van der Waals surface area contributed by atoms with Crippen LogP contribution in [0, 0.1) is 0 Å². The number of carboxylic acid groups (broad SMARTS) is 1. The summed E-state index contributed by atoms with van der Waals surface area (Å²) < 4.78 is 0. The summed E-state index contributed by atoms with van der Waals surface area (Å²) in [6, 6.07) is 10.0. The normalized spacial score (nSPS) is 17.1. The van der Waals surface area contributed by atoms with Gasteiger partial charge in [-0.05, 0) is 31.2 Å². The predicted molar refractivity (Wildman–Crippen MR) is 81.0 cm³/mol. The number of carbonyl (C=O) groups excluding carboxylic acids is 1. The van der Waals surface area contributed by atoms with Crippen molar-refractivity contribution in [1.82, 2.24) is 5.32 Å². The van der Waals surface area contributed by atoms with Crippen molar-refractivity contribution in [3.63, 3.8) is 0 Å². The Labute approximate surface area is 125 Å². The Hall–Kier alpha value is -1.84. The Kier molecular flexibility index (Phi) is 5.37. The minimum Gasteiger partial charge on any atom is -0.480 e. The van der Waals surface area contributed by atoms with E-state index in [2.05, 4.69) is 5.32 Å². The number of aryl methyl sites for hydroxylation is 1. The molecule has 2 N–H and O–H groups in total. The minimum absolute atomic E-state index is 0.143. The number of hydrogen-bond acceptors (Lipinski definition) is 2. The fourth-order valence-electron chi connectivity index (χ4n) is 2.97. The summed E-state index contributed by atoms with van der Waals surface area (Å²) >= 11 is 0. The third-order valence-electron chi connectivity index (χ3n) is 4.21. The highest BCUT2D eigenvalue weighted by Crippen LogP contribution is 2.28. The second-order valence-corrected chi connectivity index (χ2v) is 5.84. The van der Waals surface area contributed by atoms with Crippen LogP contribution in [-0.2, 0) is 16.0 Å². The maximum absolute atomic E-state index is 12.0. The first kappa shape index (κ1) is 15.5. The first-order valence-corrected chi connectivity index (χ1v) is 7.71. The number of hydrogen-bond donors (Lipinski definition) is 2. The molecule has 1 aromatic carbocycles. The molecule has 1 fully saturated rings. The van der Waals surface area contributed by atoms with Crippen molar-refractivity contribution in [3.05, 3.63) is 35.9 Å².